The average molecular weight is 300 g/mol. The number of nitrogens with two attached hydrogens (primary N) is 1. The molecule has 0 unspecified atom stereocenters. The number of aromatic nitrogens is 2. The van der Waals surface area contributed by atoms with Crippen molar-refractivity contribution in [3.63, 3.8) is 0 Å². The molecule has 0 saturated heterocycles. The number of fused-ring (bicyclic) bond motifs is 1. The van der Waals surface area contributed by atoms with Crippen molar-refractivity contribution < 1.29 is 0 Å². The fourth-order valence-electron chi connectivity index (χ4n) is 2.68. The lowest BCUT2D eigenvalue weighted by Gasteiger charge is -2.05. The number of halogens is 1. The summed E-state index contributed by atoms with van der Waals surface area (Å²) in [4.78, 5) is 4.16. The van der Waals surface area contributed by atoms with Crippen molar-refractivity contribution in [2.75, 3.05) is 6.54 Å². The quantitative estimate of drug-likeness (QED) is 0.784. The van der Waals surface area contributed by atoms with Gasteiger partial charge in [-0.3, -0.25) is 4.98 Å². The maximum Gasteiger partial charge on any atom is 0.0498 e. The first-order chi connectivity index (χ1) is 10.3. The van der Waals surface area contributed by atoms with Crippen LogP contribution in [-0.2, 0) is 19.4 Å². The third-order valence-corrected chi connectivity index (χ3v) is 3.94. The molecule has 21 heavy (non-hydrogen) atoms. The number of hydrogen-bond acceptors (Lipinski definition) is 2. The topological polar surface area (TPSA) is 43.8 Å². The molecule has 2 aromatic heterocycles. The molecule has 0 fully saturated rings. The van der Waals surface area contributed by atoms with Crippen LogP contribution in [0.2, 0.25) is 5.02 Å². The second-order valence-corrected chi connectivity index (χ2v) is 5.60. The summed E-state index contributed by atoms with van der Waals surface area (Å²) in [6.45, 7) is 1.57. The van der Waals surface area contributed by atoms with Crippen molar-refractivity contribution in [2.24, 2.45) is 5.73 Å². The zero-order valence-electron chi connectivity index (χ0n) is 11.8. The molecule has 108 valence electrons. The molecule has 2 heterocycles. The molecule has 1 aromatic carbocycles. The van der Waals surface area contributed by atoms with Gasteiger partial charge in [-0.2, -0.15) is 0 Å². The van der Waals surface area contributed by atoms with Gasteiger partial charge in [-0.1, -0.05) is 23.7 Å². The van der Waals surface area contributed by atoms with Gasteiger partial charge < -0.3 is 10.3 Å². The summed E-state index contributed by atoms with van der Waals surface area (Å²) in [7, 11) is 0. The van der Waals surface area contributed by atoms with Gasteiger partial charge in [0.25, 0.3) is 0 Å². The highest BCUT2D eigenvalue weighted by Crippen LogP contribution is 2.25. The van der Waals surface area contributed by atoms with Crippen LogP contribution in [0, 0.1) is 0 Å². The second-order valence-electron chi connectivity index (χ2n) is 5.16. The molecule has 0 aliphatic carbocycles. The smallest absolute Gasteiger partial charge is 0.0498 e. The van der Waals surface area contributed by atoms with Crippen molar-refractivity contribution in [2.45, 2.75) is 19.4 Å². The highest BCUT2D eigenvalue weighted by atomic mass is 35.5. The van der Waals surface area contributed by atoms with Gasteiger partial charge >= 0.3 is 0 Å². The van der Waals surface area contributed by atoms with Crippen molar-refractivity contribution in [1.82, 2.24) is 9.55 Å². The number of benzene rings is 1. The van der Waals surface area contributed by atoms with Crippen molar-refractivity contribution >= 4 is 22.5 Å². The Bertz CT molecular complexity index is 734. The standard InChI is InChI=1S/C17H18ClN3/c18-15-3-4-16-14(5-7-19)12-21(17(16)10-15)9-6-13-2-1-8-20-11-13/h1-4,8,10-12H,5-7,9,19H2. The van der Waals surface area contributed by atoms with Gasteiger partial charge in [0, 0.05) is 41.1 Å². The molecule has 3 nitrogen and oxygen atoms in total. The molecule has 0 bridgehead atoms. The summed E-state index contributed by atoms with van der Waals surface area (Å²) in [6.07, 6.45) is 7.75. The molecule has 0 radical (unpaired) electrons. The maximum absolute atomic E-state index is 6.15. The third kappa shape index (κ3) is 3.09. The fraction of sp³-hybridized carbons (Fsp3) is 0.235. The summed E-state index contributed by atoms with van der Waals surface area (Å²) in [5.41, 5.74) is 9.41. The molecule has 0 atom stereocenters. The van der Waals surface area contributed by atoms with Gasteiger partial charge in [-0.05, 0) is 48.7 Å². The molecule has 0 saturated carbocycles. The number of nitrogens with zero attached hydrogens (tertiary/aromatic N) is 2. The lowest BCUT2D eigenvalue weighted by molar-refractivity contribution is 0.717. The Labute approximate surface area is 129 Å². The Kier molecular flexibility index (Phi) is 4.23. The number of pyridine rings is 1. The molecule has 3 rings (SSSR count). The Morgan fingerprint density at radius 2 is 2.10 bits per heavy atom. The average Bonchev–Trinajstić information content (AvgIpc) is 2.84. The molecule has 3 aromatic rings. The van der Waals surface area contributed by atoms with Crippen molar-refractivity contribution in [1.29, 1.82) is 0 Å². The van der Waals surface area contributed by atoms with E-state index in [0.717, 1.165) is 24.4 Å². The predicted molar refractivity (Wildman–Crippen MR) is 87.6 cm³/mol. The highest BCUT2D eigenvalue weighted by molar-refractivity contribution is 6.31. The van der Waals surface area contributed by atoms with Gasteiger partial charge in [0.15, 0.2) is 0 Å². The van der Waals surface area contributed by atoms with Crippen LogP contribution in [-0.4, -0.2) is 16.1 Å². The highest BCUT2D eigenvalue weighted by Gasteiger charge is 2.08. The number of hydrogen-bond donors (Lipinski definition) is 1. The van der Waals surface area contributed by atoms with E-state index in [9.17, 15) is 0 Å². The number of aryl methyl sites for hydroxylation is 2. The van der Waals surface area contributed by atoms with Crippen molar-refractivity contribution in [3.05, 3.63) is 65.1 Å². The summed E-state index contributed by atoms with van der Waals surface area (Å²) < 4.78 is 2.26. The zero-order chi connectivity index (χ0) is 14.7. The molecule has 0 amide bonds. The van der Waals surface area contributed by atoms with Crippen LogP contribution >= 0.6 is 11.6 Å². The van der Waals surface area contributed by atoms with Gasteiger partial charge in [0.05, 0.1) is 0 Å². The van der Waals surface area contributed by atoms with E-state index in [2.05, 4.69) is 27.9 Å². The second kappa shape index (κ2) is 6.29. The monoisotopic (exact) mass is 299 g/mol. The van der Waals surface area contributed by atoms with E-state index in [1.54, 1.807) is 6.20 Å². The van der Waals surface area contributed by atoms with E-state index < -0.39 is 0 Å². The third-order valence-electron chi connectivity index (χ3n) is 3.70. The first kappa shape index (κ1) is 14.1. The Morgan fingerprint density at radius 3 is 2.86 bits per heavy atom. The minimum Gasteiger partial charge on any atom is -0.347 e. The van der Waals surface area contributed by atoms with E-state index in [4.69, 9.17) is 17.3 Å². The predicted octanol–water partition coefficient (Wildman–Crippen LogP) is 3.43. The summed E-state index contributed by atoms with van der Waals surface area (Å²) in [6, 6.07) is 10.1. The molecular formula is C17H18ClN3. The van der Waals surface area contributed by atoms with E-state index in [0.29, 0.717) is 6.54 Å². The lowest BCUT2D eigenvalue weighted by atomic mass is 10.1. The van der Waals surface area contributed by atoms with E-state index in [1.165, 1.54) is 22.0 Å². The molecule has 4 heteroatoms. The first-order valence-electron chi connectivity index (χ1n) is 7.14. The first-order valence-corrected chi connectivity index (χ1v) is 7.52. The lowest BCUT2D eigenvalue weighted by Crippen LogP contribution is -2.02. The van der Waals surface area contributed by atoms with Crippen LogP contribution in [0.5, 0.6) is 0 Å². The van der Waals surface area contributed by atoms with Crippen LogP contribution in [0.1, 0.15) is 11.1 Å². The Morgan fingerprint density at radius 1 is 1.19 bits per heavy atom. The number of rotatable bonds is 5. The van der Waals surface area contributed by atoms with Gasteiger partial charge in [-0.25, -0.2) is 0 Å². The van der Waals surface area contributed by atoms with Crippen molar-refractivity contribution in [3.8, 4) is 0 Å². The van der Waals surface area contributed by atoms with Gasteiger partial charge in [0.1, 0.15) is 0 Å². The van der Waals surface area contributed by atoms with E-state index in [1.807, 2.05) is 24.4 Å². The summed E-state index contributed by atoms with van der Waals surface area (Å²) >= 11 is 6.15. The molecule has 2 N–H and O–H groups in total. The van der Waals surface area contributed by atoms with Crippen LogP contribution < -0.4 is 5.73 Å². The molecule has 0 aliphatic heterocycles. The Hall–Kier alpha value is -1.84. The van der Waals surface area contributed by atoms with Gasteiger partial charge in [-0.15, -0.1) is 0 Å². The fourth-order valence-corrected chi connectivity index (χ4v) is 2.84. The minimum absolute atomic E-state index is 0.657. The molecular weight excluding hydrogens is 282 g/mol. The normalized spacial score (nSPS) is 11.1. The van der Waals surface area contributed by atoms with Crippen LogP contribution in [0.3, 0.4) is 0 Å². The summed E-state index contributed by atoms with van der Waals surface area (Å²) in [5.74, 6) is 0. The SMILES string of the molecule is NCCc1cn(CCc2cccnc2)c2cc(Cl)ccc12. The van der Waals surface area contributed by atoms with Gasteiger partial charge in [0.2, 0.25) is 0 Å². The maximum atomic E-state index is 6.15. The van der Waals surface area contributed by atoms with Crippen LogP contribution in [0.4, 0.5) is 0 Å². The van der Waals surface area contributed by atoms with Crippen LogP contribution in [0.15, 0.2) is 48.9 Å². The Balaban J connectivity index is 1.92. The zero-order valence-corrected chi connectivity index (χ0v) is 12.6. The molecule has 0 spiro atoms. The van der Waals surface area contributed by atoms with Crippen LogP contribution in [0.25, 0.3) is 10.9 Å². The van der Waals surface area contributed by atoms with E-state index in [-0.39, 0.29) is 0 Å². The minimum atomic E-state index is 0.657. The molecule has 0 aliphatic rings. The largest absolute Gasteiger partial charge is 0.347 e. The van der Waals surface area contributed by atoms with E-state index >= 15 is 0 Å². The summed E-state index contributed by atoms with van der Waals surface area (Å²) in [5, 5.41) is 2.01.